The largest absolute Gasteiger partial charge is 0.371 e. The summed E-state index contributed by atoms with van der Waals surface area (Å²) in [4.78, 5) is 16.8. The number of nitrogens with zero attached hydrogens (tertiary/aromatic N) is 2. The molecule has 1 amide bonds. The van der Waals surface area contributed by atoms with Crippen molar-refractivity contribution in [2.45, 2.75) is 45.4 Å². The third-order valence-electron chi connectivity index (χ3n) is 4.48. The van der Waals surface area contributed by atoms with Gasteiger partial charge in [0.1, 0.15) is 0 Å². The Morgan fingerprint density at radius 3 is 2.75 bits per heavy atom. The molecule has 0 spiro atoms. The molecular formula is C17H24N2O. The molecule has 108 valence electrons. The van der Waals surface area contributed by atoms with Crippen molar-refractivity contribution in [1.82, 2.24) is 0 Å². The van der Waals surface area contributed by atoms with Gasteiger partial charge < -0.3 is 9.80 Å². The van der Waals surface area contributed by atoms with Crippen LogP contribution >= 0.6 is 0 Å². The van der Waals surface area contributed by atoms with Gasteiger partial charge in [0.05, 0.1) is 0 Å². The second kappa shape index (κ2) is 5.86. The van der Waals surface area contributed by atoms with Crippen molar-refractivity contribution < 1.29 is 4.79 Å². The third-order valence-corrected chi connectivity index (χ3v) is 4.48. The number of benzene rings is 1. The SMILES string of the molecule is CCCCC(=O)N1CCc2ccc(N3CCCC3)cc21. The third kappa shape index (κ3) is 2.54. The fourth-order valence-electron chi connectivity index (χ4n) is 3.26. The first-order valence-electron chi connectivity index (χ1n) is 7.98. The number of anilines is 2. The standard InChI is InChI=1S/C17H24N2O/c1-2-3-6-17(20)19-12-9-14-7-8-15(13-16(14)19)18-10-4-5-11-18/h7-8,13H,2-6,9-12H2,1H3. The first-order valence-corrected chi connectivity index (χ1v) is 7.98. The van der Waals surface area contributed by atoms with Crippen molar-refractivity contribution in [3.8, 4) is 0 Å². The Morgan fingerprint density at radius 1 is 1.20 bits per heavy atom. The van der Waals surface area contributed by atoms with Crippen LogP contribution in [0.2, 0.25) is 0 Å². The van der Waals surface area contributed by atoms with E-state index in [1.807, 2.05) is 4.90 Å². The maximum absolute atomic E-state index is 12.3. The van der Waals surface area contributed by atoms with Crippen LogP contribution in [0, 0.1) is 0 Å². The van der Waals surface area contributed by atoms with Gasteiger partial charge in [-0.25, -0.2) is 0 Å². The molecule has 3 nitrogen and oxygen atoms in total. The zero-order chi connectivity index (χ0) is 13.9. The molecule has 0 unspecified atom stereocenters. The van der Waals surface area contributed by atoms with Crippen molar-refractivity contribution in [3.63, 3.8) is 0 Å². The van der Waals surface area contributed by atoms with Gasteiger partial charge in [0.25, 0.3) is 0 Å². The molecule has 3 rings (SSSR count). The first kappa shape index (κ1) is 13.5. The fraction of sp³-hybridized carbons (Fsp3) is 0.588. The first-order chi connectivity index (χ1) is 9.79. The lowest BCUT2D eigenvalue weighted by molar-refractivity contribution is -0.118. The molecule has 1 aromatic rings. The molecule has 2 aliphatic heterocycles. The van der Waals surface area contributed by atoms with Crippen LogP contribution in [0.1, 0.15) is 44.6 Å². The maximum atomic E-state index is 12.3. The van der Waals surface area contributed by atoms with E-state index in [-0.39, 0.29) is 0 Å². The van der Waals surface area contributed by atoms with E-state index in [4.69, 9.17) is 0 Å². The summed E-state index contributed by atoms with van der Waals surface area (Å²) in [5.41, 5.74) is 3.78. The van der Waals surface area contributed by atoms with Crippen molar-refractivity contribution in [1.29, 1.82) is 0 Å². The number of carbonyl (C=O) groups excluding carboxylic acids is 1. The lowest BCUT2D eigenvalue weighted by Gasteiger charge is -2.22. The van der Waals surface area contributed by atoms with Crippen LogP contribution in [0.15, 0.2) is 18.2 Å². The van der Waals surface area contributed by atoms with Crippen LogP contribution < -0.4 is 9.80 Å². The minimum absolute atomic E-state index is 0.296. The van der Waals surface area contributed by atoms with Crippen LogP contribution in [0.3, 0.4) is 0 Å². The average molecular weight is 272 g/mol. The Bertz CT molecular complexity index is 492. The van der Waals surface area contributed by atoms with E-state index in [2.05, 4.69) is 30.0 Å². The summed E-state index contributed by atoms with van der Waals surface area (Å²) in [6, 6.07) is 6.68. The Kier molecular flexibility index (Phi) is 3.95. The highest BCUT2D eigenvalue weighted by Gasteiger charge is 2.25. The molecule has 1 fully saturated rings. The monoisotopic (exact) mass is 272 g/mol. The Hall–Kier alpha value is -1.51. The van der Waals surface area contributed by atoms with Crippen molar-refractivity contribution in [2.24, 2.45) is 0 Å². The normalized spacial score (nSPS) is 17.6. The van der Waals surface area contributed by atoms with E-state index in [9.17, 15) is 4.79 Å². The topological polar surface area (TPSA) is 23.6 Å². The number of rotatable bonds is 4. The summed E-state index contributed by atoms with van der Waals surface area (Å²) in [6.07, 6.45) is 6.35. The number of hydrogen-bond acceptors (Lipinski definition) is 2. The molecule has 0 saturated carbocycles. The molecular weight excluding hydrogens is 248 g/mol. The second-order valence-corrected chi connectivity index (χ2v) is 5.91. The molecule has 0 atom stereocenters. The second-order valence-electron chi connectivity index (χ2n) is 5.91. The molecule has 2 heterocycles. The van der Waals surface area contributed by atoms with E-state index < -0.39 is 0 Å². The Labute approximate surface area is 121 Å². The van der Waals surface area contributed by atoms with E-state index in [1.54, 1.807) is 0 Å². The number of amides is 1. The van der Waals surface area contributed by atoms with E-state index in [0.29, 0.717) is 12.3 Å². The van der Waals surface area contributed by atoms with Gasteiger partial charge in [-0.15, -0.1) is 0 Å². The summed E-state index contributed by atoms with van der Waals surface area (Å²) in [7, 11) is 0. The summed E-state index contributed by atoms with van der Waals surface area (Å²) in [5.74, 6) is 0.296. The van der Waals surface area contributed by atoms with Gasteiger partial charge in [-0.3, -0.25) is 4.79 Å². The number of fused-ring (bicyclic) bond motifs is 1. The lowest BCUT2D eigenvalue weighted by atomic mass is 10.1. The number of hydrogen-bond donors (Lipinski definition) is 0. The zero-order valence-electron chi connectivity index (χ0n) is 12.4. The van der Waals surface area contributed by atoms with Crippen LogP contribution in [0.25, 0.3) is 0 Å². The molecule has 0 radical (unpaired) electrons. The highest BCUT2D eigenvalue weighted by molar-refractivity contribution is 5.96. The van der Waals surface area contributed by atoms with E-state index in [0.717, 1.165) is 44.6 Å². The van der Waals surface area contributed by atoms with Gasteiger partial charge in [-0.2, -0.15) is 0 Å². The van der Waals surface area contributed by atoms with Gasteiger partial charge in [-0.1, -0.05) is 19.4 Å². The lowest BCUT2D eigenvalue weighted by Crippen LogP contribution is -2.28. The summed E-state index contributed by atoms with van der Waals surface area (Å²) in [5, 5.41) is 0. The van der Waals surface area contributed by atoms with Crippen LogP contribution in [0.4, 0.5) is 11.4 Å². The molecule has 1 saturated heterocycles. The minimum Gasteiger partial charge on any atom is -0.371 e. The van der Waals surface area contributed by atoms with E-state index in [1.165, 1.54) is 24.1 Å². The highest BCUT2D eigenvalue weighted by atomic mass is 16.2. The van der Waals surface area contributed by atoms with Crippen LogP contribution in [-0.2, 0) is 11.2 Å². The summed E-state index contributed by atoms with van der Waals surface area (Å²) in [6.45, 7) is 5.31. The van der Waals surface area contributed by atoms with Gasteiger partial charge in [0, 0.05) is 37.4 Å². The summed E-state index contributed by atoms with van der Waals surface area (Å²) < 4.78 is 0. The molecule has 3 heteroatoms. The molecule has 0 bridgehead atoms. The highest BCUT2D eigenvalue weighted by Crippen LogP contribution is 2.33. The summed E-state index contributed by atoms with van der Waals surface area (Å²) >= 11 is 0. The van der Waals surface area contributed by atoms with Gasteiger partial charge in [-0.05, 0) is 43.4 Å². The van der Waals surface area contributed by atoms with Gasteiger partial charge in [0.2, 0.25) is 5.91 Å². The van der Waals surface area contributed by atoms with Gasteiger partial charge >= 0.3 is 0 Å². The number of carbonyl (C=O) groups is 1. The molecule has 2 aliphatic rings. The smallest absolute Gasteiger partial charge is 0.226 e. The molecule has 1 aromatic carbocycles. The zero-order valence-corrected chi connectivity index (χ0v) is 12.4. The molecule has 0 N–H and O–H groups in total. The average Bonchev–Trinajstić information content (AvgIpc) is 3.12. The molecule has 0 aromatic heterocycles. The van der Waals surface area contributed by atoms with Crippen LogP contribution in [0.5, 0.6) is 0 Å². The van der Waals surface area contributed by atoms with Gasteiger partial charge in [0.15, 0.2) is 0 Å². The predicted octanol–water partition coefficient (Wildman–Crippen LogP) is 3.37. The maximum Gasteiger partial charge on any atom is 0.226 e. The molecule has 20 heavy (non-hydrogen) atoms. The number of unbranched alkanes of at least 4 members (excludes halogenated alkanes) is 1. The van der Waals surface area contributed by atoms with Crippen molar-refractivity contribution in [2.75, 3.05) is 29.4 Å². The molecule has 0 aliphatic carbocycles. The Balaban J connectivity index is 1.80. The predicted molar refractivity (Wildman–Crippen MR) is 83.5 cm³/mol. The van der Waals surface area contributed by atoms with Crippen molar-refractivity contribution in [3.05, 3.63) is 23.8 Å². The minimum atomic E-state index is 0.296. The fourth-order valence-corrected chi connectivity index (χ4v) is 3.26. The Morgan fingerprint density at radius 2 is 2.00 bits per heavy atom. The van der Waals surface area contributed by atoms with Crippen LogP contribution in [-0.4, -0.2) is 25.5 Å². The van der Waals surface area contributed by atoms with E-state index >= 15 is 0 Å². The van der Waals surface area contributed by atoms with Crippen molar-refractivity contribution >= 4 is 17.3 Å². The quantitative estimate of drug-likeness (QED) is 0.839.